The van der Waals surface area contributed by atoms with Crippen molar-refractivity contribution in [3.05, 3.63) is 72.8 Å². The second-order valence-corrected chi connectivity index (χ2v) is 6.81. The van der Waals surface area contributed by atoms with E-state index in [0.29, 0.717) is 26.3 Å². The third-order valence-corrected chi connectivity index (χ3v) is 4.61. The Morgan fingerprint density at radius 2 is 1.11 bits per heavy atom. The summed E-state index contributed by atoms with van der Waals surface area (Å²) in [5.41, 5.74) is 1.57. The first-order valence-electron chi connectivity index (χ1n) is 9.35. The second-order valence-electron chi connectivity index (χ2n) is 6.81. The van der Waals surface area contributed by atoms with Gasteiger partial charge < -0.3 is 19.3 Å². The Labute approximate surface area is 164 Å². The molecular weight excluding hydrogens is 356 g/mol. The van der Waals surface area contributed by atoms with Crippen molar-refractivity contribution in [2.45, 2.75) is 12.2 Å². The molecule has 0 bridgehead atoms. The zero-order chi connectivity index (χ0) is 19.3. The van der Waals surface area contributed by atoms with Crippen molar-refractivity contribution in [1.82, 2.24) is 0 Å². The Morgan fingerprint density at radius 3 is 1.43 bits per heavy atom. The molecule has 2 unspecified atom stereocenters. The molecule has 0 aromatic heterocycles. The van der Waals surface area contributed by atoms with Crippen LogP contribution in [0.1, 0.15) is 0 Å². The number of hydrogen-bond donors (Lipinski definition) is 0. The molecule has 28 heavy (non-hydrogen) atoms. The standard InChI is InChI=1S/C22H22N2O4/c25-21(23(13-19-15-27-19)17-7-3-1-4-8-17)11-12-22(26)24(14-20-16-28-20)18-9-5-2-6-10-18/h1-12,19-20H,13-16H2/b12-11-. The molecule has 6 heteroatoms. The van der Waals surface area contributed by atoms with Gasteiger partial charge in [-0.1, -0.05) is 36.4 Å². The number of ether oxygens (including phenoxy) is 2. The molecule has 0 spiro atoms. The molecule has 2 amide bonds. The van der Waals surface area contributed by atoms with Crippen molar-refractivity contribution in [2.75, 3.05) is 36.1 Å². The molecule has 144 valence electrons. The number of benzene rings is 2. The maximum absolute atomic E-state index is 12.8. The third-order valence-electron chi connectivity index (χ3n) is 4.61. The molecule has 2 aromatic rings. The minimum absolute atomic E-state index is 0.0566. The highest BCUT2D eigenvalue weighted by Gasteiger charge is 2.29. The van der Waals surface area contributed by atoms with Crippen molar-refractivity contribution in [3.63, 3.8) is 0 Å². The fraction of sp³-hybridized carbons (Fsp3) is 0.273. The van der Waals surface area contributed by atoms with Crippen LogP contribution in [0, 0.1) is 0 Å². The number of hydrogen-bond acceptors (Lipinski definition) is 4. The molecule has 0 aliphatic carbocycles. The number of rotatable bonds is 8. The van der Waals surface area contributed by atoms with Crippen LogP contribution in [-0.2, 0) is 19.1 Å². The lowest BCUT2D eigenvalue weighted by Crippen LogP contribution is -2.35. The summed E-state index contributed by atoms with van der Waals surface area (Å²) in [5.74, 6) is -0.489. The number of epoxide rings is 2. The van der Waals surface area contributed by atoms with Crippen LogP contribution < -0.4 is 9.80 Å². The van der Waals surface area contributed by atoms with Crippen LogP contribution in [0.5, 0.6) is 0 Å². The molecule has 2 fully saturated rings. The smallest absolute Gasteiger partial charge is 0.251 e. The fourth-order valence-electron chi connectivity index (χ4n) is 2.94. The molecule has 2 saturated heterocycles. The molecule has 2 aliphatic heterocycles. The number of anilines is 2. The molecule has 2 atom stereocenters. The molecule has 2 heterocycles. The highest BCUT2D eigenvalue weighted by molar-refractivity contribution is 6.08. The molecular formula is C22H22N2O4. The highest BCUT2D eigenvalue weighted by Crippen LogP contribution is 2.21. The van der Waals surface area contributed by atoms with Gasteiger partial charge in [0.05, 0.1) is 38.5 Å². The van der Waals surface area contributed by atoms with E-state index < -0.39 is 0 Å². The van der Waals surface area contributed by atoms with Crippen molar-refractivity contribution >= 4 is 23.2 Å². The van der Waals surface area contributed by atoms with Crippen LogP contribution in [-0.4, -0.2) is 50.3 Å². The van der Waals surface area contributed by atoms with E-state index in [2.05, 4.69) is 0 Å². The maximum Gasteiger partial charge on any atom is 0.251 e. The lowest BCUT2D eigenvalue weighted by Gasteiger charge is -2.22. The lowest BCUT2D eigenvalue weighted by atomic mass is 10.2. The Morgan fingerprint density at radius 1 is 0.750 bits per heavy atom. The van der Waals surface area contributed by atoms with E-state index in [9.17, 15) is 9.59 Å². The topological polar surface area (TPSA) is 65.7 Å². The molecule has 0 radical (unpaired) electrons. The number of amides is 2. The number of para-hydroxylation sites is 2. The summed E-state index contributed by atoms with van der Waals surface area (Å²) in [5, 5.41) is 0. The van der Waals surface area contributed by atoms with Gasteiger partial charge in [0.25, 0.3) is 11.8 Å². The van der Waals surface area contributed by atoms with Gasteiger partial charge in [-0.2, -0.15) is 0 Å². The summed E-state index contributed by atoms with van der Waals surface area (Å²) in [6.07, 6.45) is 2.78. The van der Waals surface area contributed by atoms with E-state index in [-0.39, 0.29) is 24.0 Å². The van der Waals surface area contributed by atoms with E-state index in [0.717, 1.165) is 11.4 Å². The van der Waals surface area contributed by atoms with Gasteiger partial charge in [-0.15, -0.1) is 0 Å². The fourth-order valence-corrected chi connectivity index (χ4v) is 2.94. The summed E-state index contributed by atoms with van der Waals surface area (Å²) >= 11 is 0. The normalized spacial score (nSPS) is 20.0. The first-order chi connectivity index (χ1) is 13.7. The minimum Gasteiger partial charge on any atom is -0.371 e. The van der Waals surface area contributed by atoms with E-state index in [4.69, 9.17) is 9.47 Å². The number of carbonyl (C=O) groups is 2. The van der Waals surface area contributed by atoms with Gasteiger partial charge in [0.1, 0.15) is 0 Å². The van der Waals surface area contributed by atoms with E-state index in [1.807, 2.05) is 60.7 Å². The van der Waals surface area contributed by atoms with Gasteiger partial charge in [0.15, 0.2) is 0 Å². The largest absolute Gasteiger partial charge is 0.371 e. The van der Waals surface area contributed by atoms with Crippen molar-refractivity contribution in [1.29, 1.82) is 0 Å². The van der Waals surface area contributed by atoms with Crippen LogP contribution in [0.4, 0.5) is 11.4 Å². The maximum atomic E-state index is 12.8. The van der Waals surface area contributed by atoms with Gasteiger partial charge in [0.2, 0.25) is 0 Å². The van der Waals surface area contributed by atoms with Crippen LogP contribution in [0.25, 0.3) is 0 Å². The average Bonchev–Trinajstić information content (AvgIpc) is 3.65. The van der Waals surface area contributed by atoms with Gasteiger partial charge in [-0.3, -0.25) is 9.59 Å². The van der Waals surface area contributed by atoms with Gasteiger partial charge in [-0.25, -0.2) is 0 Å². The third kappa shape index (κ3) is 4.85. The monoisotopic (exact) mass is 378 g/mol. The summed E-state index contributed by atoms with van der Waals surface area (Å²) in [6.45, 7) is 2.25. The zero-order valence-corrected chi connectivity index (χ0v) is 15.4. The number of carbonyl (C=O) groups excluding carboxylic acids is 2. The Hall–Kier alpha value is -2.96. The van der Waals surface area contributed by atoms with Crippen LogP contribution in [0.3, 0.4) is 0 Å². The summed E-state index contributed by atoms with van der Waals surface area (Å²) in [4.78, 5) is 28.9. The molecule has 2 aromatic carbocycles. The Bertz CT molecular complexity index is 774. The van der Waals surface area contributed by atoms with Crippen molar-refractivity contribution in [3.8, 4) is 0 Å². The Balaban J connectivity index is 1.48. The van der Waals surface area contributed by atoms with Gasteiger partial charge >= 0.3 is 0 Å². The van der Waals surface area contributed by atoms with E-state index >= 15 is 0 Å². The van der Waals surface area contributed by atoms with E-state index in [1.54, 1.807) is 9.80 Å². The summed E-state index contributed by atoms with van der Waals surface area (Å²) in [7, 11) is 0. The van der Waals surface area contributed by atoms with Crippen LogP contribution in [0.15, 0.2) is 72.8 Å². The highest BCUT2D eigenvalue weighted by atomic mass is 16.6. The molecule has 6 nitrogen and oxygen atoms in total. The minimum atomic E-state index is -0.245. The lowest BCUT2D eigenvalue weighted by molar-refractivity contribution is -0.116. The second kappa shape index (κ2) is 8.37. The van der Waals surface area contributed by atoms with Crippen LogP contribution >= 0.6 is 0 Å². The van der Waals surface area contributed by atoms with E-state index in [1.165, 1.54) is 12.2 Å². The predicted octanol–water partition coefficient (Wildman–Crippen LogP) is 2.41. The van der Waals surface area contributed by atoms with Crippen molar-refractivity contribution in [2.24, 2.45) is 0 Å². The average molecular weight is 378 g/mol. The first-order valence-corrected chi connectivity index (χ1v) is 9.35. The molecule has 4 rings (SSSR count). The zero-order valence-electron chi connectivity index (χ0n) is 15.4. The quantitative estimate of drug-likeness (QED) is 0.523. The molecule has 2 aliphatic rings. The first kappa shape index (κ1) is 18.4. The summed E-state index contributed by atoms with van der Waals surface area (Å²) < 4.78 is 10.6. The van der Waals surface area contributed by atoms with Crippen molar-refractivity contribution < 1.29 is 19.1 Å². The van der Waals surface area contributed by atoms with Gasteiger partial charge in [-0.05, 0) is 24.3 Å². The SMILES string of the molecule is O=C(/C=C\C(=O)N(CC1CO1)c1ccccc1)N(CC1CO1)c1ccccc1. The molecule has 0 N–H and O–H groups in total. The molecule has 0 saturated carbocycles. The Kier molecular flexibility index (Phi) is 5.50. The van der Waals surface area contributed by atoms with Gasteiger partial charge in [0, 0.05) is 23.5 Å². The number of nitrogens with zero attached hydrogens (tertiary/aromatic N) is 2. The summed E-state index contributed by atoms with van der Waals surface area (Å²) in [6, 6.07) is 18.8. The van der Waals surface area contributed by atoms with Crippen LogP contribution in [0.2, 0.25) is 0 Å². The predicted molar refractivity (Wildman–Crippen MR) is 106 cm³/mol.